The highest BCUT2D eigenvalue weighted by Gasteiger charge is 2.10. The Kier molecular flexibility index (Phi) is 4.84. The first kappa shape index (κ1) is 13.2. The lowest BCUT2D eigenvalue weighted by Crippen LogP contribution is -2.39. The third-order valence-electron chi connectivity index (χ3n) is 3.12. The number of piperidine rings is 1. The van der Waals surface area contributed by atoms with Crippen LogP contribution in [0.25, 0.3) is 6.08 Å². The van der Waals surface area contributed by atoms with Crippen molar-refractivity contribution >= 4 is 6.08 Å². The van der Waals surface area contributed by atoms with Crippen LogP contribution in [0.2, 0.25) is 0 Å². The summed E-state index contributed by atoms with van der Waals surface area (Å²) >= 11 is 0. The van der Waals surface area contributed by atoms with E-state index in [1.807, 2.05) is 6.08 Å². The molecule has 1 heterocycles. The Morgan fingerprint density at radius 1 is 1.28 bits per heavy atom. The smallest absolute Gasteiger partial charge is 0.130 e. The molecule has 1 aromatic rings. The zero-order chi connectivity index (χ0) is 12.8. The molecule has 1 aromatic carbocycles. The van der Waals surface area contributed by atoms with E-state index in [1.54, 1.807) is 6.08 Å². The standard InChI is InChI=1S/C14H18F2N2/c15-12-3-4-14(16)11(10-12)2-1-7-18-13-5-8-17-9-6-13/h1-4,10,13,17-18H,5-9H2/b2-1+. The molecular formula is C14H18F2N2. The molecule has 1 fully saturated rings. The van der Waals surface area contributed by atoms with Crippen LogP contribution in [0.5, 0.6) is 0 Å². The average Bonchev–Trinajstić information content (AvgIpc) is 2.40. The molecule has 0 amide bonds. The number of nitrogens with one attached hydrogen (secondary N) is 2. The van der Waals surface area contributed by atoms with E-state index in [9.17, 15) is 8.78 Å². The second-order valence-corrected chi connectivity index (χ2v) is 4.50. The molecule has 98 valence electrons. The van der Waals surface area contributed by atoms with Gasteiger partial charge < -0.3 is 10.6 Å². The molecule has 4 heteroatoms. The monoisotopic (exact) mass is 252 g/mol. The van der Waals surface area contributed by atoms with E-state index in [1.165, 1.54) is 6.07 Å². The van der Waals surface area contributed by atoms with Gasteiger partial charge in [0.2, 0.25) is 0 Å². The van der Waals surface area contributed by atoms with Crippen molar-refractivity contribution < 1.29 is 8.78 Å². The highest BCUT2D eigenvalue weighted by molar-refractivity contribution is 5.50. The number of hydrogen-bond acceptors (Lipinski definition) is 2. The molecule has 0 saturated carbocycles. The highest BCUT2D eigenvalue weighted by Crippen LogP contribution is 2.11. The summed E-state index contributed by atoms with van der Waals surface area (Å²) in [5, 5.41) is 6.68. The topological polar surface area (TPSA) is 24.1 Å². The van der Waals surface area contributed by atoms with E-state index in [2.05, 4.69) is 10.6 Å². The maximum atomic E-state index is 13.3. The molecule has 1 aliphatic heterocycles. The Morgan fingerprint density at radius 2 is 2.06 bits per heavy atom. The molecule has 0 aliphatic carbocycles. The predicted molar refractivity (Wildman–Crippen MR) is 69.3 cm³/mol. The molecule has 0 unspecified atom stereocenters. The highest BCUT2D eigenvalue weighted by atomic mass is 19.1. The third-order valence-corrected chi connectivity index (χ3v) is 3.12. The second kappa shape index (κ2) is 6.61. The summed E-state index contributed by atoms with van der Waals surface area (Å²) in [5.74, 6) is -0.808. The molecule has 0 aromatic heterocycles. The van der Waals surface area contributed by atoms with E-state index in [0.717, 1.165) is 38.1 Å². The molecule has 0 atom stereocenters. The Morgan fingerprint density at radius 3 is 2.83 bits per heavy atom. The van der Waals surface area contributed by atoms with Crippen LogP contribution in [-0.2, 0) is 0 Å². The molecule has 0 bridgehead atoms. The van der Waals surface area contributed by atoms with Crippen LogP contribution >= 0.6 is 0 Å². The fourth-order valence-electron chi connectivity index (χ4n) is 2.09. The van der Waals surface area contributed by atoms with Gasteiger partial charge in [-0.05, 0) is 44.1 Å². The molecular weight excluding hydrogens is 234 g/mol. The first-order valence-electron chi connectivity index (χ1n) is 6.31. The number of halogens is 2. The van der Waals surface area contributed by atoms with Gasteiger partial charge in [-0.15, -0.1) is 0 Å². The lowest BCUT2D eigenvalue weighted by molar-refractivity contribution is 0.400. The fraction of sp³-hybridized carbons (Fsp3) is 0.429. The zero-order valence-corrected chi connectivity index (χ0v) is 10.3. The van der Waals surface area contributed by atoms with Crippen molar-refractivity contribution in [3.8, 4) is 0 Å². The van der Waals surface area contributed by atoms with E-state index in [4.69, 9.17) is 0 Å². The van der Waals surface area contributed by atoms with Gasteiger partial charge in [-0.1, -0.05) is 12.2 Å². The normalized spacial score (nSPS) is 17.4. The lowest BCUT2D eigenvalue weighted by atomic mass is 10.1. The van der Waals surface area contributed by atoms with Crippen molar-refractivity contribution in [2.45, 2.75) is 18.9 Å². The molecule has 0 radical (unpaired) electrons. The van der Waals surface area contributed by atoms with Crippen molar-refractivity contribution in [3.63, 3.8) is 0 Å². The largest absolute Gasteiger partial charge is 0.317 e. The van der Waals surface area contributed by atoms with Crippen molar-refractivity contribution in [1.29, 1.82) is 0 Å². The Bertz CT molecular complexity index is 412. The lowest BCUT2D eigenvalue weighted by Gasteiger charge is -2.23. The van der Waals surface area contributed by atoms with Crippen LogP contribution in [0.1, 0.15) is 18.4 Å². The van der Waals surface area contributed by atoms with Crippen molar-refractivity contribution in [2.75, 3.05) is 19.6 Å². The zero-order valence-electron chi connectivity index (χ0n) is 10.3. The molecule has 1 aliphatic rings. The van der Waals surface area contributed by atoms with E-state index < -0.39 is 11.6 Å². The van der Waals surface area contributed by atoms with Gasteiger partial charge in [-0.25, -0.2) is 8.78 Å². The van der Waals surface area contributed by atoms with Crippen LogP contribution in [0.4, 0.5) is 8.78 Å². The fourth-order valence-corrected chi connectivity index (χ4v) is 2.09. The summed E-state index contributed by atoms with van der Waals surface area (Å²) in [4.78, 5) is 0. The van der Waals surface area contributed by atoms with E-state index >= 15 is 0 Å². The Labute approximate surface area is 106 Å². The van der Waals surface area contributed by atoms with Gasteiger partial charge in [-0.2, -0.15) is 0 Å². The van der Waals surface area contributed by atoms with Gasteiger partial charge in [-0.3, -0.25) is 0 Å². The minimum atomic E-state index is -0.414. The van der Waals surface area contributed by atoms with Gasteiger partial charge in [0.1, 0.15) is 11.6 Å². The van der Waals surface area contributed by atoms with Crippen molar-refractivity contribution in [2.24, 2.45) is 0 Å². The van der Waals surface area contributed by atoms with Crippen LogP contribution in [0, 0.1) is 11.6 Å². The third kappa shape index (κ3) is 3.89. The van der Waals surface area contributed by atoms with Crippen molar-refractivity contribution in [1.82, 2.24) is 10.6 Å². The predicted octanol–water partition coefficient (Wildman–Crippen LogP) is 2.32. The summed E-state index contributed by atoms with van der Waals surface area (Å²) in [6.45, 7) is 2.76. The molecule has 2 nitrogen and oxygen atoms in total. The molecule has 18 heavy (non-hydrogen) atoms. The summed E-state index contributed by atoms with van der Waals surface area (Å²) in [6.07, 6.45) is 5.68. The van der Waals surface area contributed by atoms with Crippen LogP contribution < -0.4 is 10.6 Å². The molecule has 1 saturated heterocycles. The summed E-state index contributed by atoms with van der Waals surface area (Å²) in [5.41, 5.74) is 0.294. The van der Waals surface area contributed by atoms with Gasteiger partial charge in [0, 0.05) is 18.2 Å². The molecule has 0 spiro atoms. The minimum Gasteiger partial charge on any atom is -0.317 e. The summed E-state index contributed by atoms with van der Waals surface area (Å²) in [7, 11) is 0. The quantitative estimate of drug-likeness (QED) is 0.859. The Hall–Kier alpha value is -1.26. The van der Waals surface area contributed by atoms with Crippen LogP contribution in [0.15, 0.2) is 24.3 Å². The second-order valence-electron chi connectivity index (χ2n) is 4.50. The van der Waals surface area contributed by atoms with Crippen LogP contribution in [-0.4, -0.2) is 25.7 Å². The maximum absolute atomic E-state index is 13.3. The summed E-state index contributed by atoms with van der Waals surface area (Å²) in [6, 6.07) is 4.00. The summed E-state index contributed by atoms with van der Waals surface area (Å²) < 4.78 is 26.2. The van der Waals surface area contributed by atoms with Crippen LogP contribution in [0.3, 0.4) is 0 Å². The van der Waals surface area contributed by atoms with Gasteiger partial charge >= 0.3 is 0 Å². The first-order valence-corrected chi connectivity index (χ1v) is 6.31. The van der Waals surface area contributed by atoms with Gasteiger partial charge in [0.15, 0.2) is 0 Å². The van der Waals surface area contributed by atoms with Crippen molar-refractivity contribution in [3.05, 3.63) is 41.5 Å². The molecule has 2 rings (SSSR count). The average molecular weight is 252 g/mol. The molecule has 2 N–H and O–H groups in total. The Balaban J connectivity index is 1.81. The number of benzene rings is 1. The SMILES string of the molecule is Fc1ccc(F)c(/C=C/CNC2CCNCC2)c1. The van der Waals surface area contributed by atoms with E-state index in [-0.39, 0.29) is 0 Å². The van der Waals surface area contributed by atoms with Gasteiger partial charge in [0.25, 0.3) is 0 Å². The maximum Gasteiger partial charge on any atom is 0.130 e. The minimum absolute atomic E-state index is 0.294. The first-order chi connectivity index (χ1) is 8.75. The number of rotatable bonds is 4. The van der Waals surface area contributed by atoms with Gasteiger partial charge in [0.05, 0.1) is 0 Å². The van der Waals surface area contributed by atoms with E-state index in [0.29, 0.717) is 18.2 Å². The number of hydrogen-bond donors (Lipinski definition) is 2.